The van der Waals surface area contributed by atoms with Gasteiger partial charge in [-0.1, -0.05) is 30.3 Å². The first-order valence-electron chi connectivity index (χ1n) is 9.99. The van der Waals surface area contributed by atoms with Crippen LogP contribution in [0.15, 0.2) is 72.9 Å². The first-order valence-corrected chi connectivity index (χ1v) is 9.99. The molecule has 0 spiro atoms. The van der Waals surface area contributed by atoms with Crippen molar-refractivity contribution in [2.45, 2.75) is 19.4 Å². The highest BCUT2D eigenvalue weighted by Gasteiger charge is 2.21. The largest absolute Gasteiger partial charge is 0.493 e. The minimum Gasteiger partial charge on any atom is -0.493 e. The molecule has 0 aliphatic carbocycles. The van der Waals surface area contributed by atoms with E-state index >= 15 is 0 Å². The molecular weight excluding hydrogens is 378 g/mol. The molecule has 1 N–H and O–H groups in total. The number of fused-ring (bicyclic) bond motifs is 1. The van der Waals surface area contributed by atoms with Crippen molar-refractivity contribution in [3.05, 3.63) is 89.7 Å². The van der Waals surface area contributed by atoms with Crippen LogP contribution in [0.2, 0.25) is 0 Å². The summed E-state index contributed by atoms with van der Waals surface area (Å²) in [7, 11) is 0. The Morgan fingerprint density at radius 1 is 1.00 bits per heavy atom. The third kappa shape index (κ3) is 4.84. The number of benzene rings is 2. The zero-order chi connectivity index (χ0) is 20.8. The van der Waals surface area contributed by atoms with Crippen LogP contribution in [0, 0.1) is 0 Å². The molecule has 1 aliphatic rings. The molecule has 0 radical (unpaired) electrons. The lowest BCUT2D eigenvalue weighted by Gasteiger charge is -2.29. The second-order valence-electron chi connectivity index (χ2n) is 7.13. The van der Waals surface area contributed by atoms with Crippen molar-refractivity contribution in [1.82, 2.24) is 9.88 Å². The monoisotopic (exact) mass is 401 g/mol. The SMILES string of the molecule is O=C(Nc1ccc2c(c1)CN(C(=O)CCOc1ccccc1)CC2)c1ccccn1. The van der Waals surface area contributed by atoms with Crippen LogP contribution in [-0.4, -0.2) is 34.8 Å². The Hall–Kier alpha value is -3.67. The van der Waals surface area contributed by atoms with Crippen LogP contribution in [-0.2, 0) is 17.8 Å². The van der Waals surface area contributed by atoms with Gasteiger partial charge in [0.05, 0.1) is 13.0 Å². The summed E-state index contributed by atoms with van der Waals surface area (Å²) in [5, 5.41) is 2.88. The van der Waals surface area contributed by atoms with Gasteiger partial charge in [-0.2, -0.15) is 0 Å². The maximum absolute atomic E-state index is 12.6. The van der Waals surface area contributed by atoms with Gasteiger partial charge in [-0.25, -0.2) is 0 Å². The summed E-state index contributed by atoms with van der Waals surface area (Å²) < 4.78 is 5.64. The quantitative estimate of drug-likeness (QED) is 0.684. The van der Waals surface area contributed by atoms with E-state index in [2.05, 4.69) is 10.3 Å². The fraction of sp³-hybridized carbons (Fsp3) is 0.208. The lowest BCUT2D eigenvalue weighted by atomic mass is 9.98. The minimum atomic E-state index is -0.252. The molecule has 30 heavy (non-hydrogen) atoms. The van der Waals surface area contributed by atoms with Crippen LogP contribution < -0.4 is 10.1 Å². The molecule has 1 aliphatic heterocycles. The number of pyridine rings is 1. The summed E-state index contributed by atoms with van der Waals surface area (Å²) in [5.41, 5.74) is 3.32. The van der Waals surface area contributed by atoms with Gasteiger partial charge in [0.15, 0.2) is 0 Å². The standard InChI is InChI=1S/C24H23N3O3/c28-23(12-15-30-21-6-2-1-3-7-21)27-14-11-18-9-10-20(16-19(18)17-27)26-24(29)22-8-4-5-13-25-22/h1-10,13,16H,11-12,14-15,17H2,(H,26,29). The number of nitrogens with zero attached hydrogens (tertiary/aromatic N) is 2. The second-order valence-corrected chi connectivity index (χ2v) is 7.13. The van der Waals surface area contributed by atoms with E-state index in [1.807, 2.05) is 53.4 Å². The van der Waals surface area contributed by atoms with Gasteiger partial charge in [-0.15, -0.1) is 0 Å². The van der Waals surface area contributed by atoms with Crippen molar-refractivity contribution >= 4 is 17.5 Å². The highest BCUT2D eigenvalue weighted by molar-refractivity contribution is 6.02. The predicted octanol–water partition coefficient (Wildman–Crippen LogP) is 3.69. The molecule has 0 saturated heterocycles. The molecule has 3 aromatic rings. The number of ether oxygens (including phenoxy) is 1. The number of hydrogen-bond acceptors (Lipinski definition) is 4. The number of carbonyl (C=O) groups excluding carboxylic acids is 2. The maximum Gasteiger partial charge on any atom is 0.274 e. The molecule has 152 valence electrons. The summed E-state index contributed by atoms with van der Waals surface area (Å²) >= 11 is 0. The van der Waals surface area contributed by atoms with Crippen LogP contribution in [0.4, 0.5) is 5.69 Å². The van der Waals surface area contributed by atoms with Crippen molar-refractivity contribution in [3.8, 4) is 5.75 Å². The molecule has 6 heteroatoms. The van der Waals surface area contributed by atoms with Crippen LogP contribution in [0.5, 0.6) is 5.75 Å². The van der Waals surface area contributed by atoms with Crippen LogP contribution in [0.25, 0.3) is 0 Å². The van der Waals surface area contributed by atoms with Gasteiger partial charge >= 0.3 is 0 Å². The molecule has 2 amide bonds. The first-order chi connectivity index (χ1) is 14.7. The number of anilines is 1. The third-order valence-corrected chi connectivity index (χ3v) is 5.05. The molecule has 0 fully saturated rings. The number of hydrogen-bond donors (Lipinski definition) is 1. The molecule has 6 nitrogen and oxygen atoms in total. The second kappa shape index (κ2) is 9.22. The molecular formula is C24H23N3O3. The van der Waals surface area contributed by atoms with E-state index in [1.54, 1.807) is 24.4 Å². The van der Waals surface area contributed by atoms with Crippen LogP contribution in [0.1, 0.15) is 28.0 Å². The van der Waals surface area contributed by atoms with Gasteiger partial charge < -0.3 is 15.0 Å². The average molecular weight is 401 g/mol. The Morgan fingerprint density at radius 2 is 1.83 bits per heavy atom. The van der Waals surface area contributed by atoms with Gasteiger partial charge in [0.25, 0.3) is 5.91 Å². The Bertz CT molecular complexity index is 1020. The third-order valence-electron chi connectivity index (χ3n) is 5.05. The maximum atomic E-state index is 12.6. The summed E-state index contributed by atoms with van der Waals surface area (Å²) in [5.74, 6) is 0.583. The van der Waals surface area contributed by atoms with E-state index in [4.69, 9.17) is 4.74 Å². The van der Waals surface area contributed by atoms with Gasteiger partial charge in [-0.3, -0.25) is 14.6 Å². The highest BCUT2D eigenvalue weighted by Crippen LogP contribution is 2.23. The molecule has 1 aromatic heterocycles. The number of carbonyl (C=O) groups is 2. The van der Waals surface area contributed by atoms with Crippen LogP contribution >= 0.6 is 0 Å². The molecule has 2 aromatic carbocycles. The fourth-order valence-corrected chi connectivity index (χ4v) is 3.47. The average Bonchev–Trinajstić information content (AvgIpc) is 2.80. The summed E-state index contributed by atoms with van der Waals surface area (Å²) in [4.78, 5) is 30.9. The predicted molar refractivity (Wildman–Crippen MR) is 114 cm³/mol. The smallest absolute Gasteiger partial charge is 0.274 e. The summed E-state index contributed by atoms with van der Waals surface area (Å²) in [6.07, 6.45) is 2.72. The summed E-state index contributed by atoms with van der Waals surface area (Å²) in [6, 6.07) is 20.6. The van der Waals surface area contributed by atoms with Crippen molar-refractivity contribution in [1.29, 1.82) is 0 Å². The first kappa shape index (κ1) is 19.6. The van der Waals surface area contributed by atoms with Crippen LogP contribution in [0.3, 0.4) is 0 Å². The molecule has 0 saturated carbocycles. The Morgan fingerprint density at radius 3 is 2.63 bits per heavy atom. The van der Waals surface area contributed by atoms with E-state index in [9.17, 15) is 9.59 Å². The molecule has 2 heterocycles. The number of amides is 2. The lowest BCUT2D eigenvalue weighted by molar-refractivity contribution is -0.132. The lowest BCUT2D eigenvalue weighted by Crippen LogP contribution is -2.36. The van der Waals surface area contributed by atoms with E-state index in [0.717, 1.165) is 17.7 Å². The van der Waals surface area contributed by atoms with Gasteiger partial charge in [0.2, 0.25) is 5.91 Å². The van der Waals surface area contributed by atoms with Crippen molar-refractivity contribution in [3.63, 3.8) is 0 Å². The van der Waals surface area contributed by atoms with Crippen molar-refractivity contribution in [2.75, 3.05) is 18.5 Å². The van der Waals surface area contributed by atoms with Gasteiger partial charge in [0, 0.05) is 25.0 Å². The van der Waals surface area contributed by atoms with Gasteiger partial charge in [-0.05, 0) is 53.9 Å². The van der Waals surface area contributed by atoms with Crippen molar-refractivity contribution in [2.24, 2.45) is 0 Å². The van der Waals surface area contributed by atoms with Gasteiger partial charge in [0.1, 0.15) is 11.4 Å². The number of nitrogens with one attached hydrogen (secondary N) is 1. The molecule has 0 bridgehead atoms. The van der Waals surface area contributed by atoms with E-state index in [0.29, 0.717) is 37.5 Å². The molecule has 4 rings (SSSR count). The highest BCUT2D eigenvalue weighted by atomic mass is 16.5. The zero-order valence-electron chi connectivity index (χ0n) is 16.6. The van der Waals surface area contributed by atoms with E-state index < -0.39 is 0 Å². The normalized spacial score (nSPS) is 12.7. The number of aromatic nitrogens is 1. The Balaban J connectivity index is 1.35. The minimum absolute atomic E-state index is 0.0690. The zero-order valence-corrected chi connectivity index (χ0v) is 16.6. The van der Waals surface area contributed by atoms with E-state index in [1.165, 1.54) is 5.56 Å². The number of rotatable bonds is 6. The molecule has 0 atom stereocenters. The van der Waals surface area contributed by atoms with E-state index in [-0.39, 0.29) is 11.8 Å². The summed E-state index contributed by atoms with van der Waals surface area (Å²) in [6.45, 7) is 1.58. The number of para-hydroxylation sites is 1. The Labute approximate surface area is 175 Å². The Kier molecular flexibility index (Phi) is 6.03. The fourth-order valence-electron chi connectivity index (χ4n) is 3.47. The van der Waals surface area contributed by atoms with Crippen molar-refractivity contribution < 1.29 is 14.3 Å². The molecule has 0 unspecified atom stereocenters. The topological polar surface area (TPSA) is 71.5 Å².